The van der Waals surface area contributed by atoms with Gasteiger partial charge in [-0.25, -0.2) is 4.98 Å². The van der Waals surface area contributed by atoms with E-state index in [-0.39, 0.29) is 0 Å². The molecule has 5 heteroatoms. The zero-order valence-electron chi connectivity index (χ0n) is 19.1. The molecule has 3 aromatic rings. The maximum Gasteiger partial charge on any atom is 0.141 e. The van der Waals surface area contributed by atoms with Crippen molar-refractivity contribution < 1.29 is 9.47 Å². The molecule has 4 rings (SSSR count). The minimum Gasteiger partial charge on any atom is -0.497 e. The van der Waals surface area contributed by atoms with Gasteiger partial charge in [-0.2, -0.15) is 0 Å². The Balaban J connectivity index is 1.47. The lowest BCUT2D eigenvalue weighted by Crippen LogP contribution is -2.38. The fourth-order valence-corrected chi connectivity index (χ4v) is 4.41. The first-order valence-corrected chi connectivity index (χ1v) is 11.8. The Hall–Kier alpha value is -2.53. The van der Waals surface area contributed by atoms with Crippen molar-refractivity contribution in [3.8, 4) is 22.9 Å². The van der Waals surface area contributed by atoms with Gasteiger partial charge < -0.3 is 18.9 Å². The number of hydrogen-bond acceptors (Lipinski definition) is 4. The molecule has 0 N–H and O–H groups in total. The number of likely N-dealkylation sites (tertiary alicyclic amines) is 1. The molecule has 166 valence electrons. The molecule has 5 nitrogen and oxygen atoms in total. The molecule has 2 aromatic carbocycles. The molecule has 1 aromatic heterocycles. The van der Waals surface area contributed by atoms with Crippen LogP contribution >= 0.6 is 0 Å². The highest BCUT2D eigenvalue weighted by Crippen LogP contribution is 2.29. The fourth-order valence-electron chi connectivity index (χ4n) is 4.41. The first kappa shape index (κ1) is 21.7. The summed E-state index contributed by atoms with van der Waals surface area (Å²) in [5, 5.41) is 0. The SMILES string of the molecule is CCCCN1CCC(Oc2ccc(-c3nc4cc(OC)ccc4n3CCC)cc2)CC1. The Kier molecular flexibility index (Phi) is 7.13. The van der Waals surface area contributed by atoms with Gasteiger partial charge in [0, 0.05) is 31.3 Å². The van der Waals surface area contributed by atoms with Gasteiger partial charge in [-0.15, -0.1) is 0 Å². The molecule has 2 heterocycles. The maximum atomic E-state index is 6.30. The van der Waals surface area contributed by atoms with E-state index >= 15 is 0 Å². The third kappa shape index (κ3) is 5.04. The number of piperidine rings is 1. The van der Waals surface area contributed by atoms with E-state index in [2.05, 4.69) is 53.6 Å². The average molecular weight is 422 g/mol. The number of unbranched alkanes of at least 4 members (excludes halogenated alkanes) is 1. The number of nitrogens with zero attached hydrogens (tertiary/aromatic N) is 3. The molecule has 31 heavy (non-hydrogen) atoms. The molecule has 0 amide bonds. The highest BCUT2D eigenvalue weighted by Gasteiger charge is 2.20. The van der Waals surface area contributed by atoms with E-state index in [4.69, 9.17) is 14.5 Å². The summed E-state index contributed by atoms with van der Waals surface area (Å²) in [6, 6.07) is 14.6. The number of ether oxygens (including phenoxy) is 2. The monoisotopic (exact) mass is 421 g/mol. The summed E-state index contributed by atoms with van der Waals surface area (Å²) in [6.45, 7) is 8.91. The van der Waals surface area contributed by atoms with Gasteiger partial charge in [0.15, 0.2) is 0 Å². The molecule has 0 unspecified atom stereocenters. The van der Waals surface area contributed by atoms with Crippen LogP contribution in [0.1, 0.15) is 46.0 Å². The van der Waals surface area contributed by atoms with Gasteiger partial charge in [0.05, 0.1) is 18.1 Å². The van der Waals surface area contributed by atoms with Gasteiger partial charge in [-0.3, -0.25) is 0 Å². The standard InChI is InChI=1S/C26H35N3O2/c1-4-6-16-28-17-13-22(14-18-28)31-21-9-7-20(8-10-21)26-27-24-19-23(30-3)11-12-25(24)29(26)15-5-2/h7-12,19,22H,4-6,13-18H2,1-3H3. The molecule has 1 saturated heterocycles. The molecule has 0 spiro atoms. The zero-order valence-corrected chi connectivity index (χ0v) is 19.1. The third-order valence-electron chi connectivity index (χ3n) is 6.18. The Morgan fingerprint density at radius 3 is 2.35 bits per heavy atom. The van der Waals surface area contributed by atoms with Crippen LogP contribution in [0.25, 0.3) is 22.4 Å². The van der Waals surface area contributed by atoms with Crippen LogP contribution in [0.4, 0.5) is 0 Å². The van der Waals surface area contributed by atoms with E-state index in [0.29, 0.717) is 6.10 Å². The zero-order chi connectivity index (χ0) is 21.6. The Morgan fingerprint density at radius 1 is 0.935 bits per heavy atom. The molecular weight excluding hydrogens is 386 g/mol. The second kappa shape index (κ2) is 10.2. The van der Waals surface area contributed by atoms with Crippen LogP contribution in [0.3, 0.4) is 0 Å². The van der Waals surface area contributed by atoms with E-state index < -0.39 is 0 Å². The predicted octanol–water partition coefficient (Wildman–Crippen LogP) is 5.77. The summed E-state index contributed by atoms with van der Waals surface area (Å²) < 4.78 is 14.0. The fraction of sp³-hybridized carbons (Fsp3) is 0.500. The van der Waals surface area contributed by atoms with Gasteiger partial charge in [0.2, 0.25) is 0 Å². The minimum absolute atomic E-state index is 0.320. The van der Waals surface area contributed by atoms with E-state index in [1.807, 2.05) is 12.1 Å². The lowest BCUT2D eigenvalue weighted by atomic mass is 10.1. The number of aryl methyl sites for hydroxylation is 1. The summed E-state index contributed by atoms with van der Waals surface area (Å²) in [5.41, 5.74) is 3.23. The number of rotatable bonds is 9. The summed E-state index contributed by atoms with van der Waals surface area (Å²) in [6.07, 6.45) is 6.16. The third-order valence-corrected chi connectivity index (χ3v) is 6.18. The molecule has 0 aliphatic carbocycles. The first-order chi connectivity index (χ1) is 15.2. The van der Waals surface area contributed by atoms with Crippen molar-refractivity contribution in [2.24, 2.45) is 0 Å². The summed E-state index contributed by atoms with van der Waals surface area (Å²) >= 11 is 0. The van der Waals surface area contributed by atoms with Crippen LogP contribution < -0.4 is 9.47 Å². The number of methoxy groups -OCH3 is 1. The van der Waals surface area contributed by atoms with Crippen LogP contribution in [0.15, 0.2) is 42.5 Å². The van der Waals surface area contributed by atoms with Crippen molar-refractivity contribution in [2.45, 2.75) is 58.6 Å². The number of imidazole rings is 1. The van der Waals surface area contributed by atoms with Crippen LogP contribution in [0.5, 0.6) is 11.5 Å². The largest absolute Gasteiger partial charge is 0.497 e. The number of aromatic nitrogens is 2. The Bertz CT molecular complexity index is 972. The number of hydrogen-bond donors (Lipinski definition) is 0. The summed E-state index contributed by atoms with van der Waals surface area (Å²) in [5.74, 6) is 2.79. The maximum absolute atomic E-state index is 6.30. The molecule has 0 radical (unpaired) electrons. The second-order valence-corrected chi connectivity index (χ2v) is 8.48. The molecular formula is C26H35N3O2. The highest BCUT2D eigenvalue weighted by atomic mass is 16.5. The highest BCUT2D eigenvalue weighted by molar-refractivity contribution is 5.82. The predicted molar refractivity (Wildman–Crippen MR) is 127 cm³/mol. The van der Waals surface area contributed by atoms with E-state index in [1.54, 1.807) is 7.11 Å². The summed E-state index contributed by atoms with van der Waals surface area (Å²) in [7, 11) is 1.69. The molecule has 0 bridgehead atoms. The Labute approximate surface area is 186 Å². The van der Waals surface area contributed by atoms with Crippen molar-refractivity contribution in [1.82, 2.24) is 14.5 Å². The summed E-state index contributed by atoms with van der Waals surface area (Å²) in [4.78, 5) is 7.49. The molecule has 0 saturated carbocycles. The van der Waals surface area contributed by atoms with Crippen molar-refractivity contribution >= 4 is 11.0 Å². The molecule has 1 aliphatic rings. The lowest BCUT2D eigenvalue weighted by Gasteiger charge is -2.32. The normalized spacial score (nSPS) is 15.5. The second-order valence-electron chi connectivity index (χ2n) is 8.48. The topological polar surface area (TPSA) is 39.5 Å². The lowest BCUT2D eigenvalue weighted by molar-refractivity contribution is 0.0998. The van der Waals surface area contributed by atoms with Crippen LogP contribution in [0.2, 0.25) is 0 Å². The van der Waals surface area contributed by atoms with E-state index in [9.17, 15) is 0 Å². The Morgan fingerprint density at radius 2 is 1.68 bits per heavy atom. The van der Waals surface area contributed by atoms with Crippen LogP contribution in [-0.2, 0) is 6.54 Å². The first-order valence-electron chi connectivity index (χ1n) is 11.8. The van der Waals surface area contributed by atoms with Crippen molar-refractivity contribution in [3.63, 3.8) is 0 Å². The number of fused-ring (bicyclic) bond motifs is 1. The minimum atomic E-state index is 0.320. The van der Waals surface area contributed by atoms with Crippen molar-refractivity contribution in [1.29, 1.82) is 0 Å². The van der Waals surface area contributed by atoms with E-state index in [0.717, 1.165) is 72.8 Å². The molecule has 1 aliphatic heterocycles. The quantitative estimate of drug-likeness (QED) is 0.440. The van der Waals surface area contributed by atoms with Gasteiger partial charge in [-0.05, 0) is 68.6 Å². The molecule has 0 atom stereocenters. The van der Waals surface area contributed by atoms with Crippen LogP contribution in [-0.4, -0.2) is 47.3 Å². The van der Waals surface area contributed by atoms with E-state index in [1.165, 1.54) is 19.4 Å². The smallest absolute Gasteiger partial charge is 0.141 e. The number of benzene rings is 2. The van der Waals surface area contributed by atoms with Gasteiger partial charge in [0.25, 0.3) is 0 Å². The van der Waals surface area contributed by atoms with Gasteiger partial charge in [0.1, 0.15) is 23.4 Å². The average Bonchev–Trinajstić information content (AvgIpc) is 3.17. The van der Waals surface area contributed by atoms with Gasteiger partial charge >= 0.3 is 0 Å². The van der Waals surface area contributed by atoms with Gasteiger partial charge in [-0.1, -0.05) is 20.3 Å². The van der Waals surface area contributed by atoms with Crippen LogP contribution in [0, 0.1) is 0 Å². The van der Waals surface area contributed by atoms with Crippen molar-refractivity contribution in [3.05, 3.63) is 42.5 Å². The molecule has 1 fully saturated rings. The van der Waals surface area contributed by atoms with Crippen molar-refractivity contribution in [2.75, 3.05) is 26.7 Å².